The molecular formula is C28H23FN6. The Hall–Kier alpha value is -4.52. The predicted molar refractivity (Wildman–Crippen MR) is 139 cm³/mol. The van der Waals surface area contributed by atoms with Gasteiger partial charge in [-0.05, 0) is 66.6 Å². The van der Waals surface area contributed by atoms with Gasteiger partial charge in [-0.1, -0.05) is 6.07 Å². The highest BCUT2D eigenvalue weighted by molar-refractivity contribution is 6.00. The van der Waals surface area contributed by atoms with Crippen LogP contribution in [0.3, 0.4) is 0 Å². The van der Waals surface area contributed by atoms with Crippen LogP contribution in [0.1, 0.15) is 5.56 Å². The quantitative estimate of drug-likeness (QED) is 0.320. The Kier molecular flexibility index (Phi) is 4.84. The van der Waals surface area contributed by atoms with Gasteiger partial charge >= 0.3 is 0 Å². The van der Waals surface area contributed by atoms with Gasteiger partial charge in [-0.25, -0.2) is 4.39 Å². The highest BCUT2D eigenvalue weighted by Gasteiger charge is 2.15. The van der Waals surface area contributed by atoms with Crippen LogP contribution >= 0.6 is 0 Å². The zero-order valence-electron chi connectivity index (χ0n) is 19.6. The number of nitrogens with zero attached hydrogens (tertiary/aromatic N) is 4. The van der Waals surface area contributed by atoms with Crippen LogP contribution in [0.25, 0.3) is 55.6 Å². The van der Waals surface area contributed by atoms with Crippen molar-refractivity contribution in [2.75, 3.05) is 19.0 Å². The van der Waals surface area contributed by atoms with E-state index in [1.54, 1.807) is 6.20 Å². The first-order valence-corrected chi connectivity index (χ1v) is 11.3. The van der Waals surface area contributed by atoms with Crippen molar-refractivity contribution >= 4 is 27.5 Å². The molecule has 4 heterocycles. The molecule has 6 rings (SSSR count). The minimum atomic E-state index is -0.270. The summed E-state index contributed by atoms with van der Waals surface area (Å²) in [5.41, 5.74) is 9.02. The van der Waals surface area contributed by atoms with Gasteiger partial charge in [0.2, 0.25) is 0 Å². The van der Waals surface area contributed by atoms with Crippen molar-refractivity contribution in [2.45, 2.75) is 6.92 Å². The third kappa shape index (κ3) is 3.71. The lowest BCUT2D eigenvalue weighted by Crippen LogP contribution is -2.08. The van der Waals surface area contributed by atoms with Crippen LogP contribution in [0.5, 0.6) is 0 Å². The van der Waals surface area contributed by atoms with Crippen molar-refractivity contribution in [1.29, 1.82) is 0 Å². The van der Waals surface area contributed by atoms with E-state index in [-0.39, 0.29) is 5.82 Å². The first kappa shape index (κ1) is 21.0. The highest BCUT2D eigenvalue weighted by atomic mass is 19.1. The molecule has 4 aromatic heterocycles. The van der Waals surface area contributed by atoms with E-state index in [0.717, 1.165) is 66.8 Å². The first-order valence-electron chi connectivity index (χ1n) is 11.3. The largest absolute Gasteiger partial charge is 0.376 e. The summed E-state index contributed by atoms with van der Waals surface area (Å²) in [6.45, 7) is 1.88. The molecule has 0 saturated carbocycles. The third-order valence-corrected chi connectivity index (χ3v) is 6.26. The van der Waals surface area contributed by atoms with Crippen molar-refractivity contribution in [3.63, 3.8) is 0 Å². The summed E-state index contributed by atoms with van der Waals surface area (Å²) in [5, 5.41) is 9.67. The predicted octanol–water partition coefficient (Wildman–Crippen LogP) is 6.35. The standard InChI is InChI=1S/C28H23FN6/c1-16-8-18(10-20(29)9-16)27-23-13-26(32-24(23)6-7-31-27)28-22-12-17(4-5-25(22)33-34-28)19-11-21(35(2)3)15-30-14-19/h4-15,32H,1-3H3,(H,33,34). The fraction of sp³-hybridized carbons (Fsp3) is 0.107. The Balaban J connectivity index is 1.48. The maximum Gasteiger partial charge on any atom is 0.124 e. The first-order chi connectivity index (χ1) is 17.0. The van der Waals surface area contributed by atoms with Gasteiger partial charge in [-0.2, -0.15) is 5.10 Å². The van der Waals surface area contributed by atoms with Crippen molar-refractivity contribution in [2.24, 2.45) is 0 Å². The molecule has 2 aromatic carbocycles. The molecule has 6 aromatic rings. The number of nitrogens with one attached hydrogen (secondary N) is 2. The van der Waals surface area contributed by atoms with Crippen LogP contribution in [-0.2, 0) is 0 Å². The number of aromatic nitrogens is 5. The molecule has 0 fully saturated rings. The normalized spacial score (nSPS) is 11.4. The number of fused-ring (bicyclic) bond motifs is 2. The second kappa shape index (κ2) is 8.06. The van der Waals surface area contributed by atoms with Gasteiger partial charge in [-0.15, -0.1) is 0 Å². The maximum absolute atomic E-state index is 14.1. The number of H-pyrrole nitrogens is 2. The van der Waals surface area contributed by atoms with Crippen LogP contribution in [0.4, 0.5) is 10.1 Å². The molecule has 0 aliphatic heterocycles. The van der Waals surface area contributed by atoms with Gasteiger partial charge in [0.05, 0.1) is 28.8 Å². The lowest BCUT2D eigenvalue weighted by atomic mass is 10.0. The summed E-state index contributed by atoms with van der Waals surface area (Å²) < 4.78 is 14.1. The minimum Gasteiger partial charge on any atom is -0.376 e. The molecule has 172 valence electrons. The molecule has 0 saturated heterocycles. The number of halogens is 1. The molecule has 6 nitrogen and oxygen atoms in total. The van der Waals surface area contributed by atoms with E-state index >= 15 is 0 Å². The van der Waals surface area contributed by atoms with E-state index in [4.69, 9.17) is 0 Å². The lowest BCUT2D eigenvalue weighted by Gasteiger charge is -2.13. The van der Waals surface area contributed by atoms with Crippen LogP contribution in [0.15, 0.2) is 73.2 Å². The third-order valence-electron chi connectivity index (χ3n) is 6.26. The topological polar surface area (TPSA) is 73.5 Å². The number of aryl methyl sites for hydroxylation is 1. The molecule has 2 N–H and O–H groups in total. The summed E-state index contributed by atoms with van der Waals surface area (Å²) >= 11 is 0. The summed E-state index contributed by atoms with van der Waals surface area (Å²) in [6.07, 6.45) is 5.46. The van der Waals surface area contributed by atoms with E-state index in [0.29, 0.717) is 0 Å². The number of rotatable bonds is 4. The molecule has 0 atom stereocenters. The molecule has 0 aliphatic carbocycles. The molecule has 0 amide bonds. The summed E-state index contributed by atoms with van der Waals surface area (Å²) in [6, 6.07) is 17.3. The van der Waals surface area contributed by atoms with Crippen molar-refractivity contribution in [3.05, 3.63) is 84.6 Å². The van der Waals surface area contributed by atoms with Crippen LogP contribution in [0, 0.1) is 12.7 Å². The Labute approximate surface area is 201 Å². The Morgan fingerprint density at radius 2 is 1.66 bits per heavy atom. The second-order valence-electron chi connectivity index (χ2n) is 8.98. The number of benzene rings is 2. The Bertz CT molecular complexity index is 1690. The molecule has 0 radical (unpaired) electrons. The number of pyridine rings is 2. The number of hydrogen-bond acceptors (Lipinski definition) is 4. The molecule has 0 aliphatic rings. The van der Waals surface area contributed by atoms with Gasteiger partial charge in [-0.3, -0.25) is 15.1 Å². The number of hydrogen-bond donors (Lipinski definition) is 2. The second-order valence-corrected chi connectivity index (χ2v) is 8.98. The van der Waals surface area contributed by atoms with Crippen LogP contribution in [-0.4, -0.2) is 39.2 Å². The van der Waals surface area contributed by atoms with E-state index in [1.165, 1.54) is 12.1 Å². The van der Waals surface area contributed by atoms with Crippen molar-refractivity contribution in [1.82, 2.24) is 25.1 Å². The smallest absolute Gasteiger partial charge is 0.124 e. The average Bonchev–Trinajstić information content (AvgIpc) is 3.47. The van der Waals surface area contributed by atoms with E-state index in [1.807, 2.05) is 62.6 Å². The van der Waals surface area contributed by atoms with Gasteiger partial charge < -0.3 is 9.88 Å². The Morgan fingerprint density at radius 3 is 2.49 bits per heavy atom. The average molecular weight is 463 g/mol. The monoisotopic (exact) mass is 462 g/mol. The molecular weight excluding hydrogens is 439 g/mol. The van der Waals surface area contributed by atoms with Gasteiger partial charge in [0, 0.05) is 53.9 Å². The molecule has 35 heavy (non-hydrogen) atoms. The van der Waals surface area contributed by atoms with Crippen LogP contribution in [0.2, 0.25) is 0 Å². The molecule has 0 unspecified atom stereocenters. The Morgan fingerprint density at radius 1 is 0.800 bits per heavy atom. The SMILES string of the molecule is Cc1cc(F)cc(-c2nccc3[nH]c(-c4n[nH]c5ccc(-c6cncc(N(C)C)c6)cc45)cc23)c1. The molecule has 7 heteroatoms. The summed E-state index contributed by atoms with van der Waals surface area (Å²) in [7, 11) is 4.00. The van der Waals surface area contributed by atoms with E-state index < -0.39 is 0 Å². The maximum atomic E-state index is 14.1. The van der Waals surface area contributed by atoms with Crippen molar-refractivity contribution in [3.8, 4) is 33.8 Å². The fourth-order valence-corrected chi connectivity index (χ4v) is 4.51. The lowest BCUT2D eigenvalue weighted by molar-refractivity contribution is 0.627. The molecule has 0 spiro atoms. The zero-order chi connectivity index (χ0) is 24.1. The van der Waals surface area contributed by atoms with Gasteiger partial charge in [0.1, 0.15) is 11.5 Å². The van der Waals surface area contributed by atoms with Gasteiger partial charge in [0.15, 0.2) is 0 Å². The van der Waals surface area contributed by atoms with E-state index in [2.05, 4.69) is 43.3 Å². The van der Waals surface area contributed by atoms with E-state index in [9.17, 15) is 4.39 Å². The van der Waals surface area contributed by atoms with Gasteiger partial charge in [0.25, 0.3) is 0 Å². The fourth-order valence-electron chi connectivity index (χ4n) is 4.51. The highest BCUT2D eigenvalue weighted by Crippen LogP contribution is 2.35. The minimum absolute atomic E-state index is 0.270. The summed E-state index contributed by atoms with van der Waals surface area (Å²) in [4.78, 5) is 14.5. The number of aromatic amines is 2. The van der Waals surface area contributed by atoms with Crippen LogP contribution < -0.4 is 4.90 Å². The zero-order valence-corrected chi connectivity index (χ0v) is 19.6. The molecule has 0 bridgehead atoms. The number of anilines is 1. The summed E-state index contributed by atoms with van der Waals surface area (Å²) in [5.74, 6) is -0.270. The van der Waals surface area contributed by atoms with Crippen molar-refractivity contribution < 1.29 is 4.39 Å².